The van der Waals surface area contributed by atoms with Gasteiger partial charge in [0.2, 0.25) is 10.0 Å². The van der Waals surface area contributed by atoms with E-state index in [1.165, 1.54) is 6.07 Å². The zero-order valence-electron chi connectivity index (χ0n) is 9.71. The van der Waals surface area contributed by atoms with Crippen LogP contribution in [0, 0.1) is 17.1 Å². The first kappa shape index (κ1) is 14.2. The molecule has 1 saturated heterocycles. The van der Waals surface area contributed by atoms with Crippen LogP contribution in [0.3, 0.4) is 0 Å². The van der Waals surface area contributed by atoms with Crippen molar-refractivity contribution in [3.8, 4) is 6.07 Å². The number of nitriles is 1. The first-order valence-electron chi connectivity index (χ1n) is 5.41. The van der Waals surface area contributed by atoms with E-state index in [0.29, 0.717) is 0 Å². The lowest BCUT2D eigenvalue weighted by molar-refractivity contribution is 0.0311. The van der Waals surface area contributed by atoms with Crippen LogP contribution in [0.4, 0.5) is 4.39 Å². The highest BCUT2D eigenvalue weighted by Gasteiger charge is 2.32. The van der Waals surface area contributed by atoms with Crippen LogP contribution in [0.2, 0.25) is 5.02 Å². The Labute approximate surface area is 115 Å². The van der Waals surface area contributed by atoms with Crippen LogP contribution < -0.4 is 0 Å². The van der Waals surface area contributed by atoms with E-state index in [4.69, 9.17) is 21.6 Å². The zero-order valence-corrected chi connectivity index (χ0v) is 11.3. The van der Waals surface area contributed by atoms with Crippen LogP contribution in [-0.2, 0) is 14.8 Å². The summed E-state index contributed by atoms with van der Waals surface area (Å²) in [7, 11) is -3.93. The number of hydrogen-bond donors (Lipinski definition) is 0. The van der Waals surface area contributed by atoms with Crippen molar-refractivity contribution in [2.75, 3.05) is 19.7 Å². The van der Waals surface area contributed by atoms with E-state index >= 15 is 0 Å². The summed E-state index contributed by atoms with van der Waals surface area (Å²) in [6, 6.07) is 4.99. The number of halogens is 2. The molecule has 0 saturated carbocycles. The molecule has 8 heteroatoms. The van der Waals surface area contributed by atoms with E-state index in [1.807, 2.05) is 6.07 Å². The summed E-state index contributed by atoms with van der Waals surface area (Å²) in [5.74, 6) is -0.687. The topological polar surface area (TPSA) is 70.4 Å². The predicted molar refractivity (Wildman–Crippen MR) is 65.5 cm³/mol. The molecule has 5 nitrogen and oxygen atoms in total. The number of benzene rings is 1. The smallest absolute Gasteiger partial charge is 0.244 e. The number of ether oxygens (including phenoxy) is 1. The second-order valence-electron chi connectivity index (χ2n) is 3.93. The number of rotatable bonds is 2. The van der Waals surface area contributed by atoms with Gasteiger partial charge in [-0.3, -0.25) is 0 Å². The normalized spacial score (nSPS) is 21.0. The lowest BCUT2D eigenvalue weighted by Crippen LogP contribution is -2.45. The van der Waals surface area contributed by atoms with Gasteiger partial charge in [-0.15, -0.1) is 0 Å². The predicted octanol–water partition coefficient (Wildman–Crippen LogP) is 1.39. The summed E-state index contributed by atoms with van der Waals surface area (Å²) in [4.78, 5) is -0.298. The van der Waals surface area contributed by atoms with Crippen molar-refractivity contribution in [3.05, 3.63) is 29.0 Å². The van der Waals surface area contributed by atoms with Gasteiger partial charge in [0, 0.05) is 6.54 Å². The van der Waals surface area contributed by atoms with Gasteiger partial charge in [0.1, 0.15) is 10.7 Å². The van der Waals surface area contributed by atoms with Crippen molar-refractivity contribution in [3.63, 3.8) is 0 Å². The molecular weight excluding hydrogens is 295 g/mol. The SMILES string of the molecule is N#CC1CN(S(=O)(=O)c2cc(F)ccc2Cl)CCO1. The second-order valence-corrected chi connectivity index (χ2v) is 6.24. The fraction of sp³-hybridized carbons (Fsp3) is 0.364. The molecule has 0 spiro atoms. The van der Waals surface area contributed by atoms with Gasteiger partial charge in [0.05, 0.1) is 24.2 Å². The third-order valence-electron chi connectivity index (χ3n) is 2.68. The first-order valence-corrected chi connectivity index (χ1v) is 7.23. The molecule has 1 aliphatic heterocycles. The van der Waals surface area contributed by atoms with Crippen LogP contribution in [0.15, 0.2) is 23.1 Å². The van der Waals surface area contributed by atoms with E-state index < -0.39 is 21.9 Å². The molecule has 1 aliphatic rings. The summed E-state index contributed by atoms with van der Waals surface area (Å²) in [6.07, 6.45) is -0.823. The summed E-state index contributed by atoms with van der Waals surface area (Å²) < 4.78 is 44.0. The fourth-order valence-corrected chi connectivity index (χ4v) is 3.65. The van der Waals surface area contributed by atoms with Crippen molar-refractivity contribution in [2.24, 2.45) is 0 Å². The largest absolute Gasteiger partial charge is 0.361 e. The minimum Gasteiger partial charge on any atom is -0.361 e. The average Bonchev–Trinajstić information content (AvgIpc) is 2.41. The van der Waals surface area contributed by atoms with E-state index in [0.717, 1.165) is 16.4 Å². The monoisotopic (exact) mass is 304 g/mol. The molecule has 1 aromatic carbocycles. The van der Waals surface area contributed by atoms with Gasteiger partial charge in [0.15, 0.2) is 6.10 Å². The molecule has 0 bridgehead atoms. The number of morpholine rings is 1. The van der Waals surface area contributed by atoms with Crippen molar-refractivity contribution in [1.82, 2.24) is 4.31 Å². The summed E-state index contributed by atoms with van der Waals surface area (Å²) in [5, 5.41) is 8.71. The Morgan fingerprint density at radius 1 is 1.53 bits per heavy atom. The van der Waals surface area contributed by atoms with Crippen LogP contribution in [0.1, 0.15) is 0 Å². The molecule has 1 atom stereocenters. The van der Waals surface area contributed by atoms with Gasteiger partial charge in [-0.2, -0.15) is 9.57 Å². The molecule has 102 valence electrons. The Balaban J connectivity index is 2.37. The number of sulfonamides is 1. The molecule has 0 radical (unpaired) electrons. The lowest BCUT2D eigenvalue weighted by atomic mass is 10.3. The van der Waals surface area contributed by atoms with Crippen LogP contribution in [-0.4, -0.2) is 38.5 Å². The minimum absolute atomic E-state index is 0.0543. The zero-order chi connectivity index (χ0) is 14.0. The molecule has 19 heavy (non-hydrogen) atoms. The Morgan fingerprint density at radius 3 is 2.95 bits per heavy atom. The molecule has 0 aromatic heterocycles. The summed E-state index contributed by atoms with van der Waals surface area (Å²) in [6.45, 7) is 0.128. The second kappa shape index (κ2) is 5.43. The molecule has 0 amide bonds. The fourth-order valence-electron chi connectivity index (χ4n) is 1.74. The highest BCUT2D eigenvalue weighted by molar-refractivity contribution is 7.89. The molecule has 1 heterocycles. The van der Waals surface area contributed by atoms with E-state index in [-0.39, 0.29) is 29.6 Å². The molecule has 1 unspecified atom stereocenters. The van der Waals surface area contributed by atoms with Gasteiger partial charge < -0.3 is 4.74 Å². The van der Waals surface area contributed by atoms with Crippen LogP contribution in [0.5, 0.6) is 0 Å². The third kappa shape index (κ3) is 2.87. The van der Waals surface area contributed by atoms with Gasteiger partial charge in [-0.1, -0.05) is 11.6 Å². The minimum atomic E-state index is -3.93. The highest BCUT2D eigenvalue weighted by atomic mass is 35.5. The molecular formula is C11H10ClFN2O3S. The van der Waals surface area contributed by atoms with Crippen molar-refractivity contribution < 1.29 is 17.5 Å². The molecule has 1 fully saturated rings. The van der Waals surface area contributed by atoms with Crippen molar-refractivity contribution in [2.45, 2.75) is 11.0 Å². The maximum Gasteiger partial charge on any atom is 0.244 e. The Kier molecular flexibility index (Phi) is 4.06. The maximum atomic E-state index is 13.2. The van der Waals surface area contributed by atoms with Crippen molar-refractivity contribution >= 4 is 21.6 Å². The summed E-state index contributed by atoms with van der Waals surface area (Å²) >= 11 is 5.80. The van der Waals surface area contributed by atoms with Gasteiger partial charge in [-0.05, 0) is 18.2 Å². The van der Waals surface area contributed by atoms with E-state index in [2.05, 4.69) is 0 Å². The Hall–Kier alpha value is -1.20. The first-order chi connectivity index (χ1) is 8.95. The van der Waals surface area contributed by atoms with Crippen molar-refractivity contribution in [1.29, 1.82) is 5.26 Å². The van der Waals surface area contributed by atoms with Gasteiger partial charge in [-0.25, -0.2) is 12.8 Å². The Bertz CT molecular complexity index is 629. The quantitative estimate of drug-likeness (QED) is 0.828. The number of nitrogens with zero attached hydrogens (tertiary/aromatic N) is 2. The standard InChI is InChI=1S/C11H10ClFN2O3S/c12-10-2-1-8(13)5-11(10)19(16,17)15-3-4-18-9(6-14)7-15/h1-2,5,9H,3-4,7H2. The van der Waals surface area contributed by atoms with Crippen LogP contribution in [0.25, 0.3) is 0 Å². The molecule has 1 aromatic rings. The number of hydrogen-bond acceptors (Lipinski definition) is 4. The van der Waals surface area contributed by atoms with Crippen LogP contribution >= 0.6 is 11.6 Å². The molecule has 0 N–H and O–H groups in total. The Morgan fingerprint density at radius 2 is 2.26 bits per heavy atom. The average molecular weight is 305 g/mol. The van der Waals surface area contributed by atoms with E-state index in [9.17, 15) is 12.8 Å². The van der Waals surface area contributed by atoms with Gasteiger partial charge in [0.25, 0.3) is 0 Å². The lowest BCUT2D eigenvalue weighted by Gasteiger charge is -2.29. The summed E-state index contributed by atoms with van der Waals surface area (Å²) in [5.41, 5.74) is 0. The maximum absolute atomic E-state index is 13.2. The third-order valence-corrected chi connectivity index (χ3v) is 5.03. The highest BCUT2D eigenvalue weighted by Crippen LogP contribution is 2.26. The van der Waals surface area contributed by atoms with Gasteiger partial charge >= 0.3 is 0 Å². The molecule has 2 rings (SSSR count). The van der Waals surface area contributed by atoms with E-state index in [1.54, 1.807) is 0 Å². The molecule has 0 aliphatic carbocycles.